The van der Waals surface area contributed by atoms with E-state index in [1.54, 1.807) is 0 Å². The Morgan fingerprint density at radius 1 is 0.889 bits per heavy atom. The molecule has 0 fully saturated rings. The minimum absolute atomic E-state index is 0.601. The van der Waals surface area contributed by atoms with Crippen LogP contribution in [-0.2, 0) is 0 Å². The third-order valence-electron chi connectivity index (χ3n) is 3.61. The fourth-order valence-electron chi connectivity index (χ4n) is 2.53. The molecule has 0 aliphatic heterocycles. The molecule has 0 spiro atoms. The number of hydrogen-bond acceptors (Lipinski definition) is 1. The molecule has 0 bridgehead atoms. The van der Waals surface area contributed by atoms with E-state index in [1.807, 2.05) is 0 Å². The van der Waals surface area contributed by atoms with E-state index in [9.17, 15) is 0 Å². The van der Waals surface area contributed by atoms with E-state index >= 15 is 0 Å². The van der Waals surface area contributed by atoms with Crippen LogP contribution in [0.2, 0.25) is 0 Å². The molecule has 0 aromatic heterocycles. The van der Waals surface area contributed by atoms with Gasteiger partial charge >= 0.3 is 0 Å². The number of hydrogen-bond donors (Lipinski definition) is 0. The van der Waals surface area contributed by atoms with E-state index < -0.39 is 0 Å². The van der Waals surface area contributed by atoms with Gasteiger partial charge in [0.2, 0.25) is 0 Å². The molecule has 102 valence electrons. The highest BCUT2D eigenvalue weighted by Gasteiger charge is 2.17. The largest absolute Gasteiger partial charge is 0.296 e. The van der Waals surface area contributed by atoms with Gasteiger partial charge in [0.15, 0.2) is 0 Å². The highest BCUT2D eigenvalue weighted by atomic mass is 15.1. The van der Waals surface area contributed by atoms with Gasteiger partial charge < -0.3 is 0 Å². The lowest BCUT2D eigenvalue weighted by Crippen LogP contribution is -2.30. The van der Waals surface area contributed by atoms with Crippen molar-refractivity contribution in [3.05, 3.63) is 35.9 Å². The molecule has 0 N–H and O–H groups in total. The maximum absolute atomic E-state index is 2.68. The third-order valence-corrected chi connectivity index (χ3v) is 3.61. The number of unbranched alkanes of at least 4 members (excludes halogenated alkanes) is 2. The van der Waals surface area contributed by atoms with Gasteiger partial charge in [-0.15, -0.1) is 0 Å². The molecule has 0 aliphatic rings. The second-order valence-electron chi connectivity index (χ2n) is 5.08. The van der Waals surface area contributed by atoms with E-state index in [4.69, 9.17) is 0 Å². The Kier molecular flexibility index (Phi) is 7.75. The molecule has 1 nitrogen and oxygen atoms in total. The van der Waals surface area contributed by atoms with Gasteiger partial charge in [-0.3, -0.25) is 4.90 Å². The maximum atomic E-state index is 2.68. The van der Waals surface area contributed by atoms with Gasteiger partial charge in [0.25, 0.3) is 0 Å². The van der Waals surface area contributed by atoms with Crippen LogP contribution < -0.4 is 0 Å². The predicted octanol–water partition coefficient (Wildman–Crippen LogP) is 5.04. The topological polar surface area (TPSA) is 3.24 Å². The van der Waals surface area contributed by atoms with Crippen LogP contribution in [0.4, 0.5) is 0 Å². The molecule has 1 rings (SSSR count). The first-order valence-electron chi connectivity index (χ1n) is 7.62. The van der Waals surface area contributed by atoms with E-state index in [2.05, 4.69) is 56.0 Å². The molecule has 0 radical (unpaired) electrons. The average molecular weight is 247 g/mol. The van der Waals surface area contributed by atoms with Gasteiger partial charge in [-0.1, -0.05) is 63.9 Å². The van der Waals surface area contributed by atoms with Crippen molar-refractivity contribution in [1.29, 1.82) is 0 Å². The Labute approximate surface area is 113 Å². The summed E-state index contributed by atoms with van der Waals surface area (Å²) in [7, 11) is 0. The molecular formula is C17H29N. The van der Waals surface area contributed by atoms with Crippen molar-refractivity contribution in [1.82, 2.24) is 4.90 Å². The fourth-order valence-corrected chi connectivity index (χ4v) is 2.53. The summed E-state index contributed by atoms with van der Waals surface area (Å²) < 4.78 is 0. The minimum Gasteiger partial charge on any atom is -0.296 e. The first kappa shape index (κ1) is 15.2. The van der Waals surface area contributed by atoms with Gasteiger partial charge in [-0.25, -0.2) is 0 Å². The summed E-state index contributed by atoms with van der Waals surface area (Å²) in [6, 6.07) is 11.6. The van der Waals surface area contributed by atoms with Gasteiger partial charge in [-0.05, 0) is 37.9 Å². The monoisotopic (exact) mass is 247 g/mol. The number of rotatable bonds is 9. The van der Waals surface area contributed by atoms with Crippen LogP contribution in [0.5, 0.6) is 0 Å². The number of benzene rings is 1. The Balaban J connectivity index is 2.72. The van der Waals surface area contributed by atoms with Crippen molar-refractivity contribution < 1.29 is 0 Å². The maximum Gasteiger partial charge on any atom is 0.0345 e. The first-order chi connectivity index (χ1) is 8.83. The summed E-state index contributed by atoms with van der Waals surface area (Å²) in [6.07, 6.45) is 6.40. The Morgan fingerprint density at radius 3 is 1.89 bits per heavy atom. The lowest BCUT2D eigenvalue weighted by Gasteiger charge is -2.31. The summed E-state index contributed by atoms with van der Waals surface area (Å²) in [5, 5.41) is 0. The molecule has 0 saturated heterocycles. The molecule has 1 atom stereocenters. The standard InChI is InChI=1S/C17H29N/c1-4-7-14-18(15-8-5-2)17(6-3)16-12-10-9-11-13-16/h9-13,17H,4-8,14-15H2,1-3H3. The zero-order chi connectivity index (χ0) is 13.2. The molecule has 0 saturated carbocycles. The van der Waals surface area contributed by atoms with E-state index in [0.717, 1.165) is 0 Å². The Hall–Kier alpha value is -0.820. The molecule has 1 aromatic rings. The molecule has 1 heteroatoms. The van der Waals surface area contributed by atoms with E-state index in [0.29, 0.717) is 6.04 Å². The van der Waals surface area contributed by atoms with Crippen molar-refractivity contribution >= 4 is 0 Å². The van der Waals surface area contributed by atoms with Crippen LogP contribution in [0.3, 0.4) is 0 Å². The van der Waals surface area contributed by atoms with E-state index in [-0.39, 0.29) is 0 Å². The third kappa shape index (κ3) is 4.81. The molecule has 0 aliphatic carbocycles. The predicted molar refractivity (Wildman–Crippen MR) is 80.9 cm³/mol. The SMILES string of the molecule is CCCCN(CCCC)C(CC)c1ccccc1. The highest BCUT2D eigenvalue weighted by molar-refractivity contribution is 5.18. The second kappa shape index (κ2) is 9.16. The summed E-state index contributed by atoms with van der Waals surface area (Å²) >= 11 is 0. The van der Waals surface area contributed by atoms with Crippen molar-refractivity contribution in [3.8, 4) is 0 Å². The van der Waals surface area contributed by atoms with Gasteiger partial charge in [0, 0.05) is 6.04 Å². The molecule has 1 unspecified atom stereocenters. The van der Waals surface area contributed by atoms with Crippen LogP contribution in [0, 0.1) is 0 Å². The normalized spacial score (nSPS) is 12.9. The van der Waals surface area contributed by atoms with Gasteiger partial charge in [0.05, 0.1) is 0 Å². The fraction of sp³-hybridized carbons (Fsp3) is 0.647. The minimum atomic E-state index is 0.601. The quantitative estimate of drug-likeness (QED) is 0.591. The molecular weight excluding hydrogens is 218 g/mol. The average Bonchev–Trinajstić information content (AvgIpc) is 2.43. The zero-order valence-electron chi connectivity index (χ0n) is 12.4. The highest BCUT2D eigenvalue weighted by Crippen LogP contribution is 2.24. The Bertz CT molecular complexity index is 286. The second-order valence-corrected chi connectivity index (χ2v) is 5.08. The van der Waals surface area contributed by atoms with Crippen LogP contribution in [0.25, 0.3) is 0 Å². The molecule has 18 heavy (non-hydrogen) atoms. The van der Waals surface area contributed by atoms with Crippen LogP contribution >= 0.6 is 0 Å². The van der Waals surface area contributed by atoms with Crippen LogP contribution in [-0.4, -0.2) is 18.0 Å². The lowest BCUT2D eigenvalue weighted by atomic mass is 10.0. The number of nitrogens with zero attached hydrogens (tertiary/aromatic N) is 1. The summed E-state index contributed by atoms with van der Waals surface area (Å²) in [5.41, 5.74) is 1.48. The lowest BCUT2D eigenvalue weighted by molar-refractivity contribution is 0.186. The van der Waals surface area contributed by atoms with Gasteiger partial charge in [-0.2, -0.15) is 0 Å². The van der Waals surface area contributed by atoms with Crippen molar-refractivity contribution in [2.45, 2.75) is 58.9 Å². The zero-order valence-corrected chi connectivity index (χ0v) is 12.4. The summed E-state index contributed by atoms with van der Waals surface area (Å²) in [5.74, 6) is 0. The van der Waals surface area contributed by atoms with Crippen molar-refractivity contribution in [2.24, 2.45) is 0 Å². The van der Waals surface area contributed by atoms with E-state index in [1.165, 1.54) is 50.8 Å². The summed E-state index contributed by atoms with van der Waals surface area (Å²) in [6.45, 7) is 9.35. The molecule has 0 amide bonds. The van der Waals surface area contributed by atoms with Crippen molar-refractivity contribution in [2.75, 3.05) is 13.1 Å². The molecule has 1 aromatic carbocycles. The Morgan fingerprint density at radius 2 is 1.44 bits per heavy atom. The summed E-state index contributed by atoms with van der Waals surface area (Å²) in [4.78, 5) is 2.68. The molecule has 0 heterocycles. The van der Waals surface area contributed by atoms with Crippen LogP contribution in [0.1, 0.15) is 64.5 Å². The van der Waals surface area contributed by atoms with Crippen LogP contribution in [0.15, 0.2) is 30.3 Å². The van der Waals surface area contributed by atoms with Gasteiger partial charge in [0.1, 0.15) is 0 Å². The van der Waals surface area contributed by atoms with Crippen molar-refractivity contribution in [3.63, 3.8) is 0 Å². The first-order valence-corrected chi connectivity index (χ1v) is 7.62. The smallest absolute Gasteiger partial charge is 0.0345 e.